The van der Waals surface area contributed by atoms with Crippen LogP contribution in [0.2, 0.25) is 0 Å². The van der Waals surface area contributed by atoms with Gasteiger partial charge in [-0.05, 0) is 12.8 Å². The maximum absolute atomic E-state index is 12.3. The van der Waals surface area contributed by atoms with Gasteiger partial charge in [-0.1, -0.05) is 6.92 Å². The standard InChI is InChI=1S/C14H19NO5S/c1-8(6-21)12(18)15-7-14(5-9(15)13(19)20)10(16)3-2-4-11(14)17/h8-9,21H,2-7H2,1H3,(H,19,20)/t8-,9+/m1/s1. The van der Waals surface area contributed by atoms with E-state index in [9.17, 15) is 24.3 Å². The first-order valence-electron chi connectivity index (χ1n) is 7.04. The number of rotatable bonds is 3. The van der Waals surface area contributed by atoms with Gasteiger partial charge in [0.2, 0.25) is 5.91 Å². The van der Waals surface area contributed by atoms with E-state index in [0.29, 0.717) is 6.42 Å². The molecule has 1 saturated heterocycles. The van der Waals surface area contributed by atoms with Crippen LogP contribution in [0.5, 0.6) is 0 Å². The van der Waals surface area contributed by atoms with Crippen LogP contribution in [0.4, 0.5) is 0 Å². The number of likely N-dealkylation sites (tertiary alicyclic amines) is 1. The van der Waals surface area contributed by atoms with Crippen molar-refractivity contribution in [1.29, 1.82) is 0 Å². The second-order valence-electron chi connectivity index (χ2n) is 5.89. The summed E-state index contributed by atoms with van der Waals surface area (Å²) in [4.78, 5) is 49.4. The Balaban J connectivity index is 2.34. The number of Topliss-reactive ketones (excluding diaryl/α,β-unsaturated/α-hetero) is 2. The number of carbonyl (C=O) groups is 4. The highest BCUT2D eigenvalue weighted by atomic mass is 32.1. The van der Waals surface area contributed by atoms with Crippen molar-refractivity contribution in [2.45, 2.75) is 38.6 Å². The third-order valence-electron chi connectivity index (χ3n) is 4.50. The Morgan fingerprint density at radius 2 is 1.95 bits per heavy atom. The van der Waals surface area contributed by atoms with E-state index in [2.05, 4.69) is 12.6 Å². The number of nitrogens with zero attached hydrogens (tertiary/aromatic N) is 1. The maximum Gasteiger partial charge on any atom is 0.326 e. The van der Waals surface area contributed by atoms with Crippen molar-refractivity contribution in [2.24, 2.45) is 11.3 Å². The van der Waals surface area contributed by atoms with Gasteiger partial charge in [0.25, 0.3) is 0 Å². The molecular formula is C14H19NO5S. The fraction of sp³-hybridized carbons (Fsp3) is 0.714. The molecule has 2 rings (SSSR count). The first-order chi connectivity index (χ1) is 9.83. The van der Waals surface area contributed by atoms with Crippen LogP contribution in [-0.4, -0.2) is 51.8 Å². The molecule has 116 valence electrons. The lowest BCUT2D eigenvalue weighted by Gasteiger charge is -2.30. The molecule has 7 heteroatoms. The van der Waals surface area contributed by atoms with Gasteiger partial charge in [0.05, 0.1) is 0 Å². The van der Waals surface area contributed by atoms with E-state index in [-0.39, 0.29) is 49.0 Å². The first-order valence-corrected chi connectivity index (χ1v) is 7.67. The lowest BCUT2D eigenvalue weighted by Crippen LogP contribution is -2.46. The van der Waals surface area contributed by atoms with Crippen molar-refractivity contribution in [2.75, 3.05) is 12.3 Å². The summed E-state index contributed by atoms with van der Waals surface area (Å²) in [6.45, 7) is 1.56. The molecule has 1 aliphatic carbocycles. The fourth-order valence-corrected chi connectivity index (χ4v) is 3.32. The molecule has 1 aliphatic heterocycles. The Kier molecular flexibility index (Phi) is 4.41. The minimum atomic E-state index is -1.30. The van der Waals surface area contributed by atoms with Gasteiger partial charge in [-0.15, -0.1) is 0 Å². The summed E-state index contributed by atoms with van der Waals surface area (Å²) in [5.74, 6) is -2.13. The summed E-state index contributed by atoms with van der Waals surface area (Å²) >= 11 is 4.05. The number of hydrogen-bond donors (Lipinski definition) is 2. The highest BCUT2D eigenvalue weighted by Gasteiger charge is 2.57. The minimum Gasteiger partial charge on any atom is -0.480 e. The molecule has 21 heavy (non-hydrogen) atoms. The van der Waals surface area contributed by atoms with Gasteiger partial charge in [0, 0.05) is 31.1 Å². The third-order valence-corrected chi connectivity index (χ3v) is 5.04. The predicted molar refractivity (Wildman–Crippen MR) is 77.1 cm³/mol. The Labute approximate surface area is 128 Å². The molecule has 1 amide bonds. The molecule has 0 radical (unpaired) electrons. The molecule has 0 aromatic rings. The minimum absolute atomic E-state index is 0.0922. The van der Waals surface area contributed by atoms with E-state index in [4.69, 9.17) is 0 Å². The molecular weight excluding hydrogens is 294 g/mol. The highest BCUT2D eigenvalue weighted by molar-refractivity contribution is 7.80. The van der Waals surface area contributed by atoms with Crippen LogP contribution >= 0.6 is 12.6 Å². The highest BCUT2D eigenvalue weighted by Crippen LogP contribution is 2.42. The van der Waals surface area contributed by atoms with E-state index in [0.717, 1.165) is 0 Å². The molecule has 1 spiro atoms. The van der Waals surface area contributed by atoms with Crippen LogP contribution < -0.4 is 0 Å². The molecule has 6 nitrogen and oxygen atoms in total. The number of amides is 1. The topological polar surface area (TPSA) is 91.8 Å². The summed E-state index contributed by atoms with van der Waals surface area (Å²) < 4.78 is 0. The quantitative estimate of drug-likeness (QED) is 0.586. The van der Waals surface area contributed by atoms with Crippen molar-refractivity contribution in [3.63, 3.8) is 0 Å². The van der Waals surface area contributed by atoms with Crippen LogP contribution in [0, 0.1) is 11.3 Å². The van der Waals surface area contributed by atoms with Crippen molar-refractivity contribution < 1.29 is 24.3 Å². The average molecular weight is 313 g/mol. The monoisotopic (exact) mass is 313 g/mol. The molecule has 1 N–H and O–H groups in total. The van der Waals surface area contributed by atoms with Crippen LogP contribution in [0.25, 0.3) is 0 Å². The number of hydrogen-bond acceptors (Lipinski definition) is 5. The Morgan fingerprint density at radius 3 is 2.43 bits per heavy atom. The SMILES string of the molecule is C[C@H](CS)C(=O)N1CC2(C[C@H]1C(=O)O)C(=O)CCCC2=O. The second kappa shape index (κ2) is 5.79. The molecule has 0 aromatic heterocycles. The van der Waals surface area contributed by atoms with Gasteiger partial charge in [0.1, 0.15) is 23.0 Å². The number of carbonyl (C=O) groups excluding carboxylic acids is 3. The van der Waals surface area contributed by atoms with E-state index >= 15 is 0 Å². The number of carboxylic acids is 1. The van der Waals surface area contributed by atoms with Crippen LogP contribution in [0.1, 0.15) is 32.6 Å². The first kappa shape index (κ1) is 16.0. The van der Waals surface area contributed by atoms with Gasteiger partial charge < -0.3 is 10.0 Å². The number of ketones is 2. The zero-order valence-corrected chi connectivity index (χ0v) is 12.8. The molecule has 2 fully saturated rings. The molecule has 1 saturated carbocycles. The van der Waals surface area contributed by atoms with Crippen molar-refractivity contribution in [3.05, 3.63) is 0 Å². The summed E-state index contributed by atoms with van der Waals surface area (Å²) in [6.07, 6.45) is 0.980. The maximum atomic E-state index is 12.3. The molecule has 0 unspecified atom stereocenters. The van der Waals surface area contributed by atoms with Gasteiger partial charge in [-0.25, -0.2) is 4.79 Å². The molecule has 0 aromatic carbocycles. The molecule has 0 bridgehead atoms. The van der Waals surface area contributed by atoms with Gasteiger partial charge in [0.15, 0.2) is 0 Å². The van der Waals surface area contributed by atoms with Crippen molar-refractivity contribution in [1.82, 2.24) is 4.90 Å². The van der Waals surface area contributed by atoms with Crippen LogP contribution in [-0.2, 0) is 19.2 Å². The van der Waals surface area contributed by atoms with E-state index in [1.807, 2.05) is 0 Å². The number of aliphatic carboxylic acids is 1. The van der Waals surface area contributed by atoms with Crippen molar-refractivity contribution in [3.8, 4) is 0 Å². The van der Waals surface area contributed by atoms with Gasteiger partial charge in [-0.2, -0.15) is 12.6 Å². The van der Waals surface area contributed by atoms with Gasteiger partial charge >= 0.3 is 5.97 Å². The molecule has 1 heterocycles. The second-order valence-corrected chi connectivity index (χ2v) is 6.26. The van der Waals surface area contributed by atoms with Gasteiger partial charge in [-0.3, -0.25) is 14.4 Å². The summed E-state index contributed by atoms with van der Waals surface area (Å²) in [6, 6.07) is -1.11. The number of thiol groups is 1. The summed E-state index contributed by atoms with van der Waals surface area (Å²) in [5.41, 5.74) is -1.30. The fourth-order valence-electron chi connectivity index (χ4n) is 3.17. The largest absolute Gasteiger partial charge is 0.480 e. The Bertz CT molecular complexity index is 488. The normalized spacial score (nSPS) is 26.2. The molecule has 2 aliphatic rings. The third kappa shape index (κ3) is 2.59. The van der Waals surface area contributed by atoms with Crippen LogP contribution in [0.15, 0.2) is 0 Å². The predicted octanol–water partition coefficient (Wildman–Crippen LogP) is 0.546. The molecule has 2 atom stereocenters. The average Bonchev–Trinajstić information content (AvgIpc) is 2.85. The smallest absolute Gasteiger partial charge is 0.326 e. The zero-order valence-electron chi connectivity index (χ0n) is 11.9. The van der Waals surface area contributed by atoms with E-state index in [1.54, 1.807) is 6.92 Å². The summed E-state index contributed by atoms with van der Waals surface area (Å²) in [5, 5.41) is 9.34. The van der Waals surface area contributed by atoms with E-state index in [1.165, 1.54) is 4.90 Å². The van der Waals surface area contributed by atoms with Crippen LogP contribution in [0.3, 0.4) is 0 Å². The lowest BCUT2D eigenvalue weighted by molar-refractivity contribution is -0.149. The van der Waals surface area contributed by atoms with Crippen molar-refractivity contribution >= 4 is 36.1 Å². The Hall–Kier alpha value is -1.37. The van der Waals surface area contributed by atoms with E-state index < -0.39 is 23.3 Å². The summed E-state index contributed by atoms with van der Waals surface area (Å²) in [7, 11) is 0. The Morgan fingerprint density at radius 1 is 1.38 bits per heavy atom. The lowest BCUT2D eigenvalue weighted by atomic mass is 9.70. The number of carboxylic acid groups (broad SMARTS) is 1. The zero-order chi connectivity index (χ0) is 15.8.